The fourth-order valence-electron chi connectivity index (χ4n) is 6.52. The van der Waals surface area contributed by atoms with Gasteiger partial charge in [0.15, 0.2) is 1.41 Å². The molecule has 0 aromatic heterocycles. The van der Waals surface area contributed by atoms with Crippen molar-refractivity contribution in [3.63, 3.8) is 0 Å². The van der Waals surface area contributed by atoms with Gasteiger partial charge in [-0.15, -0.1) is 0 Å². The SMILES string of the molecule is [2H]N1C(=O)[C@H](CCC(=O)O)NC(=O)[C@H]([C@@H](C)CC)NC(=O)[C@@H](Cc2ccccc2)NC(=O)[C@@H]2CCCN2C(=O)[C@H](Cc2ccccc2)NC(=O)[C@@H]1CC(N)=O. The van der Waals surface area contributed by atoms with Crippen LogP contribution in [-0.4, -0.2) is 100 Å². The minimum atomic E-state index is -1.90. The van der Waals surface area contributed by atoms with Gasteiger partial charge in [0.05, 0.1) is 6.42 Å². The fraction of sp³-hybridized carbons (Fsp3) is 0.474. The van der Waals surface area contributed by atoms with Crippen LogP contribution in [0.2, 0.25) is 1.41 Å². The van der Waals surface area contributed by atoms with E-state index in [1.807, 2.05) is 0 Å². The largest absolute Gasteiger partial charge is 0.481 e. The van der Waals surface area contributed by atoms with E-state index in [1.165, 1.54) is 4.90 Å². The number of nitrogens with two attached hydrogens (primary N) is 1. The maximum absolute atomic E-state index is 14.3. The van der Waals surface area contributed by atoms with Crippen molar-refractivity contribution in [3.05, 3.63) is 71.8 Å². The molecule has 2 fully saturated rings. The zero-order chi connectivity index (χ0) is 40.2. The Labute approximate surface area is 314 Å². The van der Waals surface area contributed by atoms with Gasteiger partial charge in [0, 0.05) is 25.8 Å². The van der Waals surface area contributed by atoms with Crippen LogP contribution in [0.15, 0.2) is 60.7 Å². The Morgan fingerprint density at radius 3 is 1.93 bits per heavy atom. The van der Waals surface area contributed by atoms with E-state index < -0.39 is 109 Å². The molecule has 0 aliphatic carbocycles. The Hall–Kier alpha value is -5.80. The summed E-state index contributed by atoms with van der Waals surface area (Å²) >= 11 is 0. The maximum Gasteiger partial charge on any atom is 0.303 e. The highest BCUT2D eigenvalue weighted by Crippen LogP contribution is 2.21. The van der Waals surface area contributed by atoms with Crippen LogP contribution >= 0.6 is 0 Å². The number of carboxylic acid groups (broad SMARTS) is 1. The van der Waals surface area contributed by atoms with Crippen LogP contribution in [0.1, 0.15) is 63.5 Å². The van der Waals surface area contributed by atoms with E-state index in [9.17, 15) is 43.5 Å². The number of nitrogens with one attached hydrogen (secondary N) is 5. The predicted molar refractivity (Wildman–Crippen MR) is 195 cm³/mol. The van der Waals surface area contributed by atoms with Gasteiger partial charge < -0.3 is 42.3 Å². The summed E-state index contributed by atoms with van der Waals surface area (Å²) in [6, 6.07) is 9.02. The van der Waals surface area contributed by atoms with Gasteiger partial charge in [0.25, 0.3) is 0 Å². The third kappa shape index (κ3) is 11.3. The number of hydrogen-bond donors (Lipinski definition) is 7. The summed E-state index contributed by atoms with van der Waals surface area (Å²) in [4.78, 5) is 109. The first-order chi connectivity index (χ1) is 26.2. The van der Waals surface area contributed by atoms with Crippen molar-refractivity contribution >= 4 is 47.3 Å². The van der Waals surface area contributed by atoms with E-state index in [0.717, 1.165) is 0 Å². The van der Waals surface area contributed by atoms with E-state index in [0.29, 0.717) is 24.0 Å². The normalized spacial score (nSPS) is 25.6. The first-order valence-corrected chi connectivity index (χ1v) is 18.1. The third-order valence-corrected chi connectivity index (χ3v) is 9.69. The highest BCUT2D eigenvalue weighted by molar-refractivity contribution is 5.99. The predicted octanol–water partition coefficient (Wildman–Crippen LogP) is -0.313. The van der Waals surface area contributed by atoms with E-state index in [4.69, 9.17) is 7.15 Å². The zero-order valence-corrected chi connectivity index (χ0v) is 30.4. The van der Waals surface area contributed by atoms with Crippen molar-refractivity contribution < 1.29 is 44.9 Å². The second-order valence-corrected chi connectivity index (χ2v) is 13.7. The number of nitrogens with zero attached hydrogens (tertiary/aromatic N) is 1. The summed E-state index contributed by atoms with van der Waals surface area (Å²) < 4.78 is 8.73. The Morgan fingerprint density at radius 2 is 1.35 bits per heavy atom. The number of primary amides is 1. The Kier molecular flexibility index (Phi) is 14.1. The molecule has 2 saturated heterocycles. The molecule has 2 aromatic rings. The molecule has 0 spiro atoms. The molecule has 2 aliphatic rings. The van der Waals surface area contributed by atoms with E-state index in [2.05, 4.69) is 21.3 Å². The average molecular weight is 749 g/mol. The van der Waals surface area contributed by atoms with Gasteiger partial charge in [-0.2, -0.15) is 0 Å². The first kappa shape index (κ1) is 39.4. The van der Waals surface area contributed by atoms with Gasteiger partial charge in [-0.3, -0.25) is 38.4 Å². The van der Waals surface area contributed by atoms with E-state index in [1.54, 1.807) is 74.5 Å². The first-order valence-electron chi connectivity index (χ1n) is 18.6. The molecule has 16 nitrogen and oxygen atoms in total. The van der Waals surface area contributed by atoms with Gasteiger partial charge in [0.1, 0.15) is 36.3 Å². The lowest BCUT2D eigenvalue weighted by molar-refractivity contribution is -0.143. The summed E-state index contributed by atoms with van der Waals surface area (Å²) in [5.74, 6) is -8.12. The summed E-state index contributed by atoms with van der Waals surface area (Å²) in [6.07, 6.45) is -0.995. The second-order valence-electron chi connectivity index (χ2n) is 13.7. The van der Waals surface area contributed by atoms with Crippen molar-refractivity contribution in [2.75, 3.05) is 6.54 Å². The molecule has 2 aromatic carbocycles. The topological polar surface area (TPSA) is 246 Å². The lowest BCUT2D eigenvalue weighted by Crippen LogP contribution is -2.62. The molecule has 8 N–H and O–H groups in total. The monoisotopic (exact) mass is 748 g/mol. The smallest absolute Gasteiger partial charge is 0.303 e. The van der Waals surface area contributed by atoms with Crippen LogP contribution in [0.4, 0.5) is 0 Å². The summed E-state index contributed by atoms with van der Waals surface area (Å²) in [5, 5.41) is 20.1. The number of carbonyl (C=O) groups is 8. The Bertz CT molecular complexity index is 1730. The Morgan fingerprint density at radius 1 is 0.796 bits per heavy atom. The van der Waals surface area contributed by atoms with Crippen LogP contribution in [0.25, 0.3) is 0 Å². The van der Waals surface area contributed by atoms with Gasteiger partial charge >= 0.3 is 5.97 Å². The van der Waals surface area contributed by atoms with Crippen molar-refractivity contribution in [3.8, 4) is 0 Å². The molecule has 4 rings (SSSR count). The van der Waals surface area contributed by atoms with Crippen LogP contribution in [-0.2, 0) is 51.2 Å². The van der Waals surface area contributed by atoms with Crippen LogP contribution < -0.4 is 32.3 Å². The summed E-state index contributed by atoms with van der Waals surface area (Å²) in [7, 11) is 0. The third-order valence-electron chi connectivity index (χ3n) is 9.69. The molecular formula is C38H49N7O9. The van der Waals surface area contributed by atoms with E-state index >= 15 is 0 Å². The molecule has 54 heavy (non-hydrogen) atoms. The van der Waals surface area contributed by atoms with Gasteiger partial charge in [0.2, 0.25) is 41.4 Å². The molecule has 2 heterocycles. The molecule has 290 valence electrons. The molecule has 0 radical (unpaired) electrons. The van der Waals surface area contributed by atoms with Crippen molar-refractivity contribution in [1.29, 1.82) is 0 Å². The zero-order valence-electron chi connectivity index (χ0n) is 31.4. The number of amides is 7. The van der Waals surface area contributed by atoms with Crippen LogP contribution in [0.5, 0.6) is 0 Å². The molecule has 0 saturated carbocycles. The van der Waals surface area contributed by atoms with Gasteiger partial charge in [-0.1, -0.05) is 80.9 Å². The standard InChI is InChI=1S/C38H49N7O9/c1-3-22(2)32-37(53)40-25(16-17-31(47)48)33(49)41-27(21-30(39)46)34(50)43-28(20-24-13-8-5-9-14-24)38(54)45-18-10-15-29(45)36(52)42-26(35(51)44-32)19-23-11-6-4-7-12-23/h4-9,11-14,22,25-29,32H,3,10,15-21H2,1-2H3,(H2,39,46)(H,40,53)(H,41,49)(H,42,52)(H,43,50)(H,44,51)(H,47,48)/t22-,25-,26+,27-,28-,29-,32-/m0/s1/i/hD. The number of rotatable bonds is 11. The minimum absolute atomic E-state index is 0.0232. The highest BCUT2D eigenvalue weighted by atomic mass is 16.4. The minimum Gasteiger partial charge on any atom is -0.481 e. The fourth-order valence-corrected chi connectivity index (χ4v) is 6.52. The van der Waals surface area contributed by atoms with Gasteiger partial charge in [-0.05, 0) is 36.3 Å². The number of hydrogen-bond acceptors (Lipinski definition) is 8. The molecular weight excluding hydrogens is 698 g/mol. The van der Waals surface area contributed by atoms with Crippen LogP contribution in [0.3, 0.4) is 0 Å². The number of carboxylic acids is 1. The lowest BCUT2D eigenvalue weighted by atomic mass is 9.96. The lowest BCUT2D eigenvalue weighted by Gasteiger charge is -2.32. The van der Waals surface area contributed by atoms with Crippen molar-refractivity contribution in [2.24, 2.45) is 11.7 Å². The van der Waals surface area contributed by atoms with Crippen molar-refractivity contribution in [1.82, 2.24) is 31.5 Å². The summed E-state index contributed by atoms with van der Waals surface area (Å²) in [6.45, 7) is 3.58. The van der Waals surface area contributed by atoms with Crippen LogP contribution in [0, 0.1) is 5.92 Å². The molecule has 7 atom stereocenters. The second kappa shape index (κ2) is 19.3. The Balaban J connectivity index is 1.82. The number of aliphatic carboxylic acids is 1. The van der Waals surface area contributed by atoms with Gasteiger partial charge in [-0.25, -0.2) is 0 Å². The van der Waals surface area contributed by atoms with Crippen molar-refractivity contribution in [2.45, 2.75) is 101 Å². The number of benzene rings is 2. The highest BCUT2D eigenvalue weighted by Gasteiger charge is 2.41. The number of carbonyl (C=O) groups excluding carboxylic acids is 7. The quantitative estimate of drug-likeness (QED) is 0.159. The molecule has 2 aliphatic heterocycles. The summed E-state index contributed by atoms with van der Waals surface area (Å²) in [5.41, 5.74) is 6.76. The molecule has 0 unspecified atom stereocenters. The molecule has 7 amide bonds. The molecule has 0 bridgehead atoms. The average Bonchev–Trinajstić information content (AvgIpc) is 3.66. The number of fused-ring (bicyclic) bond motifs is 1. The molecule has 16 heteroatoms. The van der Waals surface area contributed by atoms with E-state index in [-0.39, 0.29) is 31.1 Å². The maximum atomic E-state index is 14.3.